The van der Waals surface area contributed by atoms with Crippen molar-refractivity contribution in [3.63, 3.8) is 0 Å². The van der Waals surface area contributed by atoms with Gasteiger partial charge in [0.25, 0.3) is 0 Å². The number of sulfonamides is 1. The average molecular weight is 453 g/mol. The van der Waals surface area contributed by atoms with Crippen LogP contribution in [0.5, 0.6) is 0 Å². The molecule has 0 aromatic heterocycles. The molecule has 1 fully saturated rings. The van der Waals surface area contributed by atoms with Crippen LogP contribution < -0.4 is 5.32 Å². The lowest BCUT2D eigenvalue weighted by molar-refractivity contribution is -0.117. The fraction of sp³-hybridized carbons (Fsp3) is 0.263. The number of nitrogens with one attached hydrogen (secondary N) is 1. The molecule has 2 aromatic rings. The molecule has 1 N–H and O–H groups in total. The van der Waals surface area contributed by atoms with Crippen LogP contribution in [0.3, 0.4) is 0 Å². The maximum absolute atomic E-state index is 12.7. The van der Waals surface area contributed by atoms with Crippen LogP contribution in [-0.2, 0) is 14.8 Å². The summed E-state index contributed by atoms with van der Waals surface area (Å²) in [5.41, 5.74) is 0.839. The van der Waals surface area contributed by atoms with Crippen molar-refractivity contribution < 1.29 is 13.2 Å². The molecule has 7 nitrogen and oxygen atoms in total. The molecule has 10 heteroatoms. The molecule has 3 rings (SSSR count). The van der Waals surface area contributed by atoms with Gasteiger partial charge in [-0.1, -0.05) is 23.2 Å². The van der Waals surface area contributed by atoms with Crippen LogP contribution in [0.1, 0.15) is 5.56 Å². The minimum absolute atomic E-state index is 0.131. The van der Waals surface area contributed by atoms with Gasteiger partial charge in [0.05, 0.1) is 22.0 Å². The summed E-state index contributed by atoms with van der Waals surface area (Å²) in [5, 5.41) is 12.4. The van der Waals surface area contributed by atoms with Crippen molar-refractivity contribution in [2.45, 2.75) is 4.90 Å². The Balaban J connectivity index is 1.54. The zero-order valence-electron chi connectivity index (χ0n) is 15.3. The van der Waals surface area contributed by atoms with Crippen molar-refractivity contribution in [3.8, 4) is 6.07 Å². The van der Waals surface area contributed by atoms with Crippen LogP contribution in [0, 0.1) is 11.3 Å². The highest BCUT2D eigenvalue weighted by atomic mass is 35.5. The Labute approximate surface area is 179 Å². The van der Waals surface area contributed by atoms with E-state index in [9.17, 15) is 13.2 Å². The number of nitrogens with zero attached hydrogens (tertiary/aromatic N) is 3. The van der Waals surface area contributed by atoms with E-state index in [0.717, 1.165) is 0 Å². The van der Waals surface area contributed by atoms with E-state index in [1.54, 1.807) is 24.3 Å². The van der Waals surface area contributed by atoms with Crippen LogP contribution in [0.2, 0.25) is 10.0 Å². The summed E-state index contributed by atoms with van der Waals surface area (Å²) < 4.78 is 26.8. The first-order valence-corrected chi connectivity index (χ1v) is 11.0. The number of nitriles is 1. The van der Waals surface area contributed by atoms with Crippen molar-refractivity contribution in [1.82, 2.24) is 9.21 Å². The molecular formula is C19H18Cl2N4O3S. The third-order valence-electron chi connectivity index (χ3n) is 4.52. The van der Waals surface area contributed by atoms with E-state index >= 15 is 0 Å². The second-order valence-corrected chi connectivity index (χ2v) is 9.27. The number of rotatable bonds is 5. The van der Waals surface area contributed by atoms with E-state index in [0.29, 0.717) is 42.5 Å². The van der Waals surface area contributed by atoms with Crippen LogP contribution in [0.4, 0.5) is 5.69 Å². The molecule has 0 saturated carbocycles. The van der Waals surface area contributed by atoms with Gasteiger partial charge in [-0.25, -0.2) is 8.42 Å². The minimum Gasteiger partial charge on any atom is -0.325 e. The number of piperazine rings is 1. The largest absolute Gasteiger partial charge is 0.325 e. The van der Waals surface area contributed by atoms with Crippen LogP contribution in [0.15, 0.2) is 47.4 Å². The molecule has 1 aliphatic heterocycles. The van der Waals surface area contributed by atoms with Crippen LogP contribution in [0.25, 0.3) is 0 Å². The fourth-order valence-corrected chi connectivity index (χ4v) is 4.74. The van der Waals surface area contributed by atoms with Gasteiger partial charge in [-0.05, 0) is 42.5 Å². The maximum atomic E-state index is 12.7. The Morgan fingerprint density at radius 2 is 1.72 bits per heavy atom. The predicted molar refractivity (Wildman–Crippen MR) is 111 cm³/mol. The number of anilines is 1. The number of hydrogen-bond donors (Lipinski definition) is 1. The number of halogens is 2. The second-order valence-electron chi connectivity index (χ2n) is 6.49. The van der Waals surface area contributed by atoms with Crippen molar-refractivity contribution in [1.29, 1.82) is 5.26 Å². The molecule has 152 valence electrons. The molecule has 0 aliphatic carbocycles. The van der Waals surface area contributed by atoms with Gasteiger partial charge in [-0.2, -0.15) is 9.57 Å². The number of amides is 1. The Kier molecular flexibility index (Phi) is 6.77. The summed E-state index contributed by atoms with van der Waals surface area (Å²) in [6, 6.07) is 12.7. The third kappa shape index (κ3) is 5.26. The quantitative estimate of drug-likeness (QED) is 0.752. The van der Waals surface area contributed by atoms with E-state index < -0.39 is 10.0 Å². The van der Waals surface area contributed by atoms with E-state index in [1.165, 1.54) is 22.5 Å². The number of benzene rings is 2. The van der Waals surface area contributed by atoms with E-state index in [-0.39, 0.29) is 22.4 Å². The summed E-state index contributed by atoms with van der Waals surface area (Å²) >= 11 is 11.8. The lowest BCUT2D eigenvalue weighted by Gasteiger charge is -2.33. The lowest BCUT2D eigenvalue weighted by atomic mass is 10.2. The zero-order valence-corrected chi connectivity index (χ0v) is 17.6. The van der Waals surface area contributed by atoms with Gasteiger partial charge in [0.15, 0.2) is 0 Å². The first-order chi connectivity index (χ1) is 13.8. The van der Waals surface area contributed by atoms with Crippen LogP contribution in [-0.4, -0.2) is 56.3 Å². The first kappa shape index (κ1) is 21.6. The van der Waals surface area contributed by atoms with Gasteiger partial charge in [-0.15, -0.1) is 0 Å². The molecule has 0 unspecified atom stereocenters. The Morgan fingerprint density at radius 3 is 2.31 bits per heavy atom. The fourth-order valence-electron chi connectivity index (χ4n) is 2.97. The molecule has 1 amide bonds. The lowest BCUT2D eigenvalue weighted by Crippen LogP contribution is -2.50. The third-order valence-corrected chi connectivity index (χ3v) is 7.00. The van der Waals surface area contributed by atoms with E-state index in [4.69, 9.17) is 28.5 Å². The molecule has 1 saturated heterocycles. The second kappa shape index (κ2) is 9.11. The van der Waals surface area contributed by atoms with Gasteiger partial charge in [0.1, 0.15) is 6.07 Å². The van der Waals surface area contributed by atoms with E-state index in [2.05, 4.69) is 5.32 Å². The number of carbonyl (C=O) groups excluding carboxylic acids is 1. The molecule has 0 bridgehead atoms. The van der Waals surface area contributed by atoms with Gasteiger partial charge in [0.2, 0.25) is 15.9 Å². The average Bonchev–Trinajstić information content (AvgIpc) is 2.69. The topological polar surface area (TPSA) is 93.5 Å². The molecule has 1 heterocycles. The van der Waals surface area contributed by atoms with Gasteiger partial charge >= 0.3 is 0 Å². The van der Waals surface area contributed by atoms with Crippen molar-refractivity contribution in [2.75, 3.05) is 38.0 Å². The molecule has 1 aliphatic rings. The van der Waals surface area contributed by atoms with Crippen LogP contribution >= 0.6 is 23.2 Å². The highest BCUT2D eigenvalue weighted by Gasteiger charge is 2.29. The summed E-state index contributed by atoms with van der Waals surface area (Å²) in [7, 11) is -3.58. The van der Waals surface area contributed by atoms with Gasteiger partial charge in [-0.3, -0.25) is 9.69 Å². The monoisotopic (exact) mass is 452 g/mol. The predicted octanol–water partition coefficient (Wildman–Crippen LogP) is 2.81. The number of hydrogen-bond acceptors (Lipinski definition) is 5. The van der Waals surface area contributed by atoms with Gasteiger partial charge < -0.3 is 5.32 Å². The summed E-state index contributed by atoms with van der Waals surface area (Å²) in [5.74, 6) is -0.236. The molecule has 0 radical (unpaired) electrons. The molecule has 2 aromatic carbocycles. The Bertz CT molecular complexity index is 1040. The summed E-state index contributed by atoms with van der Waals surface area (Å²) in [6.07, 6.45) is 0. The van der Waals surface area contributed by atoms with Gasteiger partial charge in [0, 0.05) is 36.9 Å². The molecule has 0 spiro atoms. The SMILES string of the molecule is N#Cc1ccc(NC(=O)CN2CCN(S(=O)(=O)c3ccc(Cl)cc3)CC2)cc1Cl. The summed E-state index contributed by atoms with van der Waals surface area (Å²) in [6.45, 7) is 1.59. The highest BCUT2D eigenvalue weighted by molar-refractivity contribution is 7.89. The normalized spacial score (nSPS) is 15.6. The van der Waals surface area contributed by atoms with E-state index in [1.807, 2.05) is 11.0 Å². The number of carbonyl (C=O) groups is 1. The molecular weight excluding hydrogens is 435 g/mol. The van der Waals surface area contributed by atoms with Crippen molar-refractivity contribution >= 4 is 44.8 Å². The van der Waals surface area contributed by atoms with Crippen molar-refractivity contribution in [3.05, 3.63) is 58.1 Å². The Hall–Kier alpha value is -2.15. The molecule has 29 heavy (non-hydrogen) atoms. The Morgan fingerprint density at radius 1 is 1.07 bits per heavy atom. The standard InChI is InChI=1S/C19H18Cl2N4O3S/c20-15-2-5-17(6-3-15)29(27,28)25-9-7-24(8-10-25)13-19(26)23-16-4-1-14(12-22)18(21)11-16/h1-6,11H,7-10,13H2,(H,23,26). The van der Waals surface area contributed by atoms with Crippen molar-refractivity contribution in [2.24, 2.45) is 0 Å². The zero-order chi connectivity index (χ0) is 21.0. The molecule has 0 atom stereocenters. The first-order valence-electron chi connectivity index (χ1n) is 8.77. The summed E-state index contributed by atoms with van der Waals surface area (Å²) in [4.78, 5) is 14.4. The minimum atomic E-state index is -3.58. The smallest absolute Gasteiger partial charge is 0.243 e. The maximum Gasteiger partial charge on any atom is 0.243 e. The highest BCUT2D eigenvalue weighted by Crippen LogP contribution is 2.21.